The van der Waals surface area contributed by atoms with Gasteiger partial charge < -0.3 is 25.0 Å². The van der Waals surface area contributed by atoms with E-state index in [0.717, 1.165) is 25.0 Å². The molecule has 2 amide bonds. The maximum Gasteiger partial charge on any atom is 0.272 e. The molecule has 44 heavy (non-hydrogen) atoms. The highest BCUT2D eigenvalue weighted by Crippen LogP contribution is 2.25. The van der Waals surface area contributed by atoms with Gasteiger partial charge >= 0.3 is 0 Å². The minimum absolute atomic E-state index is 0.0287. The van der Waals surface area contributed by atoms with Crippen molar-refractivity contribution in [3.8, 4) is 11.5 Å². The summed E-state index contributed by atoms with van der Waals surface area (Å²) < 4.78 is 35.0. The maximum absolute atomic E-state index is 13.1. The fourth-order valence-corrected chi connectivity index (χ4v) is 6.78. The molecule has 2 N–H and O–H groups in total. The second-order valence-corrected chi connectivity index (χ2v) is 13.6. The lowest BCUT2D eigenvalue weighted by atomic mass is 9.95. The quantitative estimate of drug-likeness (QED) is 0.372. The number of sulfone groups is 1. The van der Waals surface area contributed by atoms with Crippen molar-refractivity contribution < 1.29 is 27.5 Å². The number of pyridine rings is 1. The van der Waals surface area contributed by atoms with Crippen molar-refractivity contribution >= 4 is 21.7 Å². The number of rotatable bonds is 9. The van der Waals surface area contributed by atoms with E-state index in [4.69, 9.17) is 9.47 Å². The van der Waals surface area contributed by atoms with Crippen molar-refractivity contribution in [1.29, 1.82) is 0 Å². The molecule has 3 aromatic rings. The zero-order valence-electron chi connectivity index (χ0n) is 25.4. The number of nitrogens with one attached hydrogen (secondary N) is 2. The van der Waals surface area contributed by atoms with Crippen molar-refractivity contribution in [3.63, 3.8) is 0 Å². The van der Waals surface area contributed by atoms with Crippen LogP contribution in [0.1, 0.15) is 57.7 Å². The standard InChI is InChI=1S/C33H40N4O6S/c1-22-18-29(11-13-31(22)44(3,40)41)43-28-14-16-37(17-15-28)33(39)30-12-6-24(20-35-30)32(38)36-26-8-7-25(34-21-26)19-23-4-9-27(42-2)10-5-23/h4-6,9-13,18,20,25-26,28,34H,7-8,14-17,19,21H2,1-3H3,(H,36,38). The van der Waals surface area contributed by atoms with E-state index in [9.17, 15) is 18.0 Å². The van der Waals surface area contributed by atoms with Crippen molar-refractivity contribution in [2.75, 3.05) is 33.0 Å². The topological polar surface area (TPSA) is 127 Å². The average molecular weight is 621 g/mol. The van der Waals surface area contributed by atoms with Gasteiger partial charge in [-0.05, 0) is 79.8 Å². The number of hydrogen-bond acceptors (Lipinski definition) is 8. The molecular formula is C33H40N4O6S. The number of aryl methyl sites for hydroxylation is 1. The van der Waals surface area contributed by atoms with Gasteiger partial charge in [0.1, 0.15) is 23.3 Å². The van der Waals surface area contributed by atoms with Crippen LogP contribution >= 0.6 is 0 Å². The Hall–Kier alpha value is -3.96. The molecule has 2 fully saturated rings. The van der Waals surface area contributed by atoms with Crippen molar-refractivity contribution in [1.82, 2.24) is 20.5 Å². The highest BCUT2D eigenvalue weighted by molar-refractivity contribution is 7.90. The Morgan fingerprint density at radius 1 is 1.00 bits per heavy atom. The zero-order chi connectivity index (χ0) is 31.3. The molecule has 11 heteroatoms. The Kier molecular flexibility index (Phi) is 9.85. The summed E-state index contributed by atoms with van der Waals surface area (Å²) in [6.45, 7) is 3.48. The number of likely N-dealkylation sites (tertiary alicyclic amines) is 1. The number of aromatic nitrogens is 1. The van der Waals surface area contributed by atoms with E-state index >= 15 is 0 Å². The molecular weight excluding hydrogens is 580 g/mol. The molecule has 0 radical (unpaired) electrons. The van der Waals surface area contributed by atoms with Crippen molar-refractivity contribution in [2.45, 2.75) is 62.1 Å². The molecule has 3 heterocycles. The summed E-state index contributed by atoms with van der Waals surface area (Å²) in [5, 5.41) is 6.64. The highest BCUT2D eigenvalue weighted by Gasteiger charge is 2.27. The van der Waals surface area contributed by atoms with E-state index in [0.29, 0.717) is 66.0 Å². The van der Waals surface area contributed by atoms with E-state index in [2.05, 4.69) is 27.8 Å². The first-order chi connectivity index (χ1) is 21.1. The summed E-state index contributed by atoms with van der Waals surface area (Å²) in [5.74, 6) is 1.09. The first-order valence-corrected chi connectivity index (χ1v) is 16.9. The lowest BCUT2D eigenvalue weighted by Gasteiger charge is -2.32. The minimum Gasteiger partial charge on any atom is -0.497 e. The molecule has 2 atom stereocenters. The minimum atomic E-state index is -3.29. The molecule has 5 rings (SSSR count). The van der Waals surface area contributed by atoms with Crippen LogP contribution in [0, 0.1) is 6.92 Å². The third kappa shape index (κ3) is 7.95. The number of ether oxygens (including phenoxy) is 2. The third-order valence-corrected chi connectivity index (χ3v) is 9.57. The summed E-state index contributed by atoms with van der Waals surface area (Å²) in [7, 11) is -1.63. The molecule has 234 valence electrons. The number of carbonyl (C=O) groups is 2. The van der Waals surface area contributed by atoms with Crippen LogP contribution in [0.15, 0.2) is 65.7 Å². The van der Waals surface area contributed by atoms with Crippen LogP contribution in [0.2, 0.25) is 0 Å². The largest absolute Gasteiger partial charge is 0.497 e. The summed E-state index contributed by atoms with van der Waals surface area (Å²) in [5.41, 5.74) is 2.61. The third-order valence-electron chi connectivity index (χ3n) is 8.32. The van der Waals surface area contributed by atoms with Gasteiger partial charge in [0.15, 0.2) is 9.84 Å². The molecule has 1 aromatic heterocycles. The first-order valence-electron chi connectivity index (χ1n) is 15.0. The van der Waals surface area contributed by atoms with Gasteiger partial charge in [-0.2, -0.15) is 0 Å². The molecule has 2 saturated heterocycles. The van der Waals surface area contributed by atoms with Crippen LogP contribution in [0.5, 0.6) is 11.5 Å². The van der Waals surface area contributed by atoms with Crippen LogP contribution in [-0.2, 0) is 16.3 Å². The summed E-state index contributed by atoms with van der Waals surface area (Å²) in [4.78, 5) is 32.3. The Bertz CT molecular complexity index is 1560. The molecule has 2 aliphatic rings. The van der Waals surface area contributed by atoms with Gasteiger partial charge in [-0.25, -0.2) is 8.42 Å². The van der Waals surface area contributed by atoms with Crippen LogP contribution < -0.4 is 20.1 Å². The molecule has 0 saturated carbocycles. The van der Waals surface area contributed by atoms with E-state index in [-0.39, 0.29) is 24.0 Å². The molecule has 10 nitrogen and oxygen atoms in total. The van der Waals surface area contributed by atoms with Gasteiger partial charge in [-0.15, -0.1) is 0 Å². The summed E-state index contributed by atoms with van der Waals surface area (Å²) in [6, 6.07) is 16.7. The number of piperidine rings is 2. The number of amides is 2. The van der Waals surface area contributed by atoms with Gasteiger partial charge in [0.25, 0.3) is 11.8 Å². The fourth-order valence-electron chi connectivity index (χ4n) is 5.82. The summed E-state index contributed by atoms with van der Waals surface area (Å²) >= 11 is 0. The SMILES string of the molecule is COc1ccc(CC2CCC(NC(=O)c3ccc(C(=O)N4CCC(Oc5ccc(S(C)(=O)=O)c(C)c5)CC4)nc3)CN2)cc1. The molecule has 2 unspecified atom stereocenters. The number of hydrogen-bond donors (Lipinski definition) is 2. The number of nitrogens with zero attached hydrogens (tertiary/aromatic N) is 2. The van der Waals surface area contributed by atoms with Crippen LogP contribution in [0.3, 0.4) is 0 Å². The molecule has 2 aliphatic heterocycles. The average Bonchev–Trinajstić information content (AvgIpc) is 3.02. The fraction of sp³-hybridized carbons (Fsp3) is 0.424. The van der Waals surface area contributed by atoms with Crippen LogP contribution in [-0.4, -0.2) is 81.3 Å². The van der Waals surface area contributed by atoms with Gasteiger partial charge in [-0.3, -0.25) is 14.6 Å². The van der Waals surface area contributed by atoms with E-state index < -0.39 is 9.84 Å². The van der Waals surface area contributed by atoms with Crippen LogP contribution in [0.25, 0.3) is 0 Å². The lowest BCUT2D eigenvalue weighted by molar-refractivity contribution is 0.0589. The van der Waals surface area contributed by atoms with E-state index in [1.54, 1.807) is 49.3 Å². The Labute approximate surface area is 259 Å². The molecule has 0 bridgehead atoms. The predicted octanol–water partition coefficient (Wildman–Crippen LogP) is 3.58. The smallest absolute Gasteiger partial charge is 0.272 e. The molecule has 0 spiro atoms. The number of carbonyl (C=O) groups excluding carboxylic acids is 2. The van der Waals surface area contributed by atoms with Gasteiger partial charge in [-0.1, -0.05) is 12.1 Å². The lowest BCUT2D eigenvalue weighted by Crippen LogP contribution is -2.50. The Morgan fingerprint density at radius 2 is 1.73 bits per heavy atom. The monoisotopic (exact) mass is 620 g/mol. The second kappa shape index (κ2) is 13.8. The highest BCUT2D eigenvalue weighted by atomic mass is 32.2. The second-order valence-electron chi connectivity index (χ2n) is 11.6. The van der Waals surface area contributed by atoms with Crippen molar-refractivity contribution in [3.05, 3.63) is 83.2 Å². The van der Waals surface area contributed by atoms with Gasteiger partial charge in [0, 0.05) is 57.0 Å². The predicted molar refractivity (Wildman–Crippen MR) is 167 cm³/mol. The molecule has 0 aliphatic carbocycles. The van der Waals surface area contributed by atoms with E-state index in [1.807, 2.05) is 12.1 Å². The Balaban J connectivity index is 1.06. The normalized spacial score (nSPS) is 19.3. The van der Waals surface area contributed by atoms with Gasteiger partial charge in [0.05, 0.1) is 17.6 Å². The zero-order valence-corrected chi connectivity index (χ0v) is 26.2. The molecule has 2 aromatic carbocycles. The van der Waals surface area contributed by atoms with Crippen LogP contribution in [0.4, 0.5) is 0 Å². The Morgan fingerprint density at radius 3 is 2.32 bits per heavy atom. The maximum atomic E-state index is 13.1. The number of benzene rings is 2. The summed E-state index contributed by atoms with van der Waals surface area (Å²) in [6.07, 6.45) is 6.64. The number of methoxy groups -OCH3 is 1. The van der Waals surface area contributed by atoms with E-state index in [1.165, 1.54) is 18.0 Å². The van der Waals surface area contributed by atoms with Gasteiger partial charge in [0.2, 0.25) is 0 Å². The first kappa shape index (κ1) is 31.5. The van der Waals surface area contributed by atoms with Crippen molar-refractivity contribution in [2.24, 2.45) is 0 Å².